The highest BCUT2D eigenvalue weighted by Crippen LogP contribution is 2.30. The summed E-state index contributed by atoms with van der Waals surface area (Å²) in [4.78, 5) is 22.1. The largest absolute Gasteiger partial charge is 0.306 e. The second-order valence-corrected chi connectivity index (χ2v) is 8.19. The smallest absolute Gasteiger partial charge is 0.264 e. The van der Waals surface area contributed by atoms with Gasteiger partial charge in [-0.1, -0.05) is 20.8 Å². The Bertz CT molecular complexity index is 680. The lowest BCUT2D eigenvalue weighted by Gasteiger charge is -2.19. The van der Waals surface area contributed by atoms with E-state index in [9.17, 15) is 4.79 Å². The molecule has 0 unspecified atom stereocenters. The van der Waals surface area contributed by atoms with Gasteiger partial charge in [-0.3, -0.25) is 4.79 Å². The maximum atomic E-state index is 12.1. The molecule has 3 nitrogen and oxygen atoms in total. The molecule has 0 aliphatic heterocycles. The first-order chi connectivity index (χ1) is 8.70. The van der Waals surface area contributed by atoms with Crippen LogP contribution in [0.3, 0.4) is 0 Å². The Morgan fingerprint density at radius 3 is 2.42 bits per heavy atom. The van der Waals surface area contributed by atoms with E-state index in [-0.39, 0.29) is 11.0 Å². The molecular weight excluding hydrogens is 371 g/mol. The number of rotatable bonds is 1. The van der Waals surface area contributed by atoms with Crippen molar-refractivity contribution < 1.29 is 0 Å². The van der Waals surface area contributed by atoms with Gasteiger partial charge in [-0.2, -0.15) is 0 Å². The molecule has 0 fully saturated rings. The number of halogens is 1. The first-order valence-corrected chi connectivity index (χ1v) is 7.97. The van der Waals surface area contributed by atoms with Crippen LogP contribution in [0.15, 0.2) is 10.9 Å². The molecular formula is C14H17IN2OS. The molecule has 1 N–H and O–H groups in total. The van der Waals surface area contributed by atoms with Crippen molar-refractivity contribution in [3.63, 3.8) is 0 Å². The van der Waals surface area contributed by atoms with Gasteiger partial charge in [0.1, 0.15) is 9.39 Å². The van der Waals surface area contributed by atoms with Gasteiger partial charge in [-0.05, 0) is 42.5 Å². The Balaban J connectivity index is 2.70. The number of thiophene rings is 1. The quantitative estimate of drug-likeness (QED) is 0.751. The summed E-state index contributed by atoms with van der Waals surface area (Å²) in [7, 11) is 0. The summed E-state index contributed by atoms with van der Waals surface area (Å²) in [6.45, 7) is 10.4. The zero-order valence-electron chi connectivity index (χ0n) is 11.7. The van der Waals surface area contributed by atoms with Gasteiger partial charge in [0.25, 0.3) is 5.56 Å². The lowest BCUT2D eigenvalue weighted by Crippen LogP contribution is -2.24. The zero-order valence-corrected chi connectivity index (χ0v) is 14.7. The summed E-state index contributed by atoms with van der Waals surface area (Å²) in [5.74, 6) is 0.678. The zero-order chi connectivity index (χ0) is 14.4. The van der Waals surface area contributed by atoms with Crippen LogP contribution in [0.4, 0.5) is 0 Å². The highest BCUT2D eigenvalue weighted by atomic mass is 127. The van der Waals surface area contributed by atoms with Crippen molar-refractivity contribution in [2.24, 2.45) is 0 Å². The first kappa shape index (κ1) is 14.7. The molecule has 0 saturated heterocycles. The third-order valence-electron chi connectivity index (χ3n) is 2.87. The van der Waals surface area contributed by atoms with Gasteiger partial charge in [0.15, 0.2) is 0 Å². The number of nitrogens with one attached hydrogen (secondary N) is 1. The number of hydrogen-bond donors (Lipinski definition) is 1. The van der Waals surface area contributed by atoms with Gasteiger partial charge < -0.3 is 4.98 Å². The van der Waals surface area contributed by atoms with Crippen molar-refractivity contribution in [1.29, 1.82) is 0 Å². The van der Waals surface area contributed by atoms with Crippen molar-refractivity contribution >= 4 is 33.9 Å². The molecule has 0 amide bonds. The van der Waals surface area contributed by atoms with Crippen molar-refractivity contribution in [1.82, 2.24) is 9.97 Å². The van der Waals surface area contributed by atoms with Crippen molar-refractivity contribution in [2.75, 3.05) is 0 Å². The molecule has 2 heterocycles. The molecule has 2 rings (SSSR count). The van der Waals surface area contributed by atoms with Crippen LogP contribution in [0.25, 0.3) is 11.4 Å². The van der Waals surface area contributed by atoms with Gasteiger partial charge >= 0.3 is 0 Å². The topological polar surface area (TPSA) is 45.8 Å². The summed E-state index contributed by atoms with van der Waals surface area (Å²) in [5, 5.41) is 0. The summed E-state index contributed by atoms with van der Waals surface area (Å²) < 4.78 is 0.679. The molecule has 0 aliphatic carbocycles. The van der Waals surface area contributed by atoms with Crippen molar-refractivity contribution in [2.45, 2.75) is 40.0 Å². The van der Waals surface area contributed by atoms with E-state index in [4.69, 9.17) is 4.98 Å². The van der Waals surface area contributed by atoms with Gasteiger partial charge in [0.2, 0.25) is 0 Å². The number of hydrogen-bond acceptors (Lipinski definition) is 3. The van der Waals surface area contributed by atoms with Crippen LogP contribution >= 0.6 is 33.9 Å². The van der Waals surface area contributed by atoms with Crippen LogP contribution in [-0.2, 0) is 5.41 Å². The van der Waals surface area contributed by atoms with E-state index in [0.717, 1.165) is 11.3 Å². The molecule has 19 heavy (non-hydrogen) atoms. The number of aryl methyl sites for hydroxylation is 2. The number of aromatic amines is 1. The Labute approximate surface area is 130 Å². The molecule has 0 aliphatic rings. The third-order valence-corrected chi connectivity index (χ3v) is 4.84. The molecule has 0 saturated carbocycles. The fourth-order valence-corrected chi connectivity index (χ4v) is 3.94. The minimum Gasteiger partial charge on any atom is -0.306 e. The lowest BCUT2D eigenvalue weighted by molar-refractivity contribution is 0.562. The van der Waals surface area contributed by atoms with Gasteiger partial charge in [-0.25, -0.2) is 4.98 Å². The Kier molecular flexibility index (Phi) is 3.88. The highest BCUT2D eigenvalue weighted by molar-refractivity contribution is 14.1. The van der Waals surface area contributed by atoms with E-state index >= 15 is 0 Å². The first-order valence-electron chi connectivity index (χ1n) is 6.08. The molecule has 0 aromatic carbocycles. The standard InChI is InChI=1S/C14H17IN2OS/c1-7-6-9(8(2)19-7)12-16-11(14(3,4)5)10(15)13(18)17-12/h6H,1-5H3,(H,16,17,18). The van der Waals surface area contributed by atoms with Crippen LogP contribution in [0.1, 0.15) is 36.2 Å². The van der Waals surface area contributed by atoms with E-state index in [1.807, 2.05) is 0 Å². The predicted molar refractivity (Wildman–Crippen MR) is 89.1 cm³/mol. The minimum absolute atomic E-state index is 0.0567. The summed E-state index contributed by atoms with van der Waals surface area (Å²) in [6, 6.07) is 2.08. The van der Waals surface area contributed by atoms with Crippen molar-refractivity contribution in [3.05, 3.63) is 35.4 Å². The molecule has 2 aromatic rings. The molecule has 0 bridgehead atoms. The SMILES string of the molecule is Cc1cc(-c2nc(C(C)(C)C)c(I)c(=O)[nH]2)c(C)s1. The lowest BCUT2D eigenvalue weighted by atomic mass is 9.92. The highest BCUT2D eigenvalue weighted by Gasteiger charge is 2.22. The van der Waals surface area contributed by atoms with Crippen LogP contribution < -0.4 is 5.56 Å². The Morgan fingerprint density at radius 1 is 1.32 bits per heavy atom. The molecule has 2 aromatic heterocycles. The average molecular weight is 388 g/mol. The van der Waals surface area contributed by atoms with E-state index in [1.54, 1.807) is 11.3 Å². The number of nitrogens with zero attached hydrogens (tertiary/aromatic N) is 1. The second kappa shape index (κ2) is 5.01. The monoisotopic (exact) mass is 388 g/mol. The van der Waals surface area contributed by atoms with Crippen LogP contribution in [0.2, 0.25) is 0 Å². The normalized spacial score (nSPS) is 11.9. The molecule has 0 spiro atoms. The van der Waals surface area contributed by atoms with E-state index in [0.29, 0.717) is 9.39 Å². The van der Waals surface area contributed by atoms with Crippen LogP contribution in [0.5, 0.6) is 0 Å². The van der Waals surface area contributed by atoms with Gasteiger partial charge in [0.05, 0.1) is 5.69 Å². The Hall–Kier alpha value is -0.690. The minimum atomic E-state index is -0.140. The second-order valence-electron chi connectivity index (χ2n) is 5.65. The fourth-order valence-electron chi connectivity index (χ4n) is 1.95. The van der Waals surface area contributed by atoms with Crippen molar-refractivity contribution in [3.8, 4) is 11.4 Å². The predicted octanol–water partition coefficient (Wildman–Crippen LogP) is 4.02. The summed E-state index contributed by atoms with van der Waals surface area (Å²) in [5.41, 5.74) is 1.69. The molecule has 102 valence electrons. The van der Waals surface area contributed by atoms with Gasteiger partial charge in [0, 0.05) is 20.7 Å². The maximum Gasteiger partial charge on any atom is 0.264 e. The summed E-state index contributed by atoms with van der Waals surface area (Å²) >= 11 is 3.80. The summed E-state index contributed by atoms with van der Waals surface area (Å²) in [6.07, 6.45) is 0. The molecule has 0 radical (unpaired) electrons. The van der Waals surface area contributed by atoms with Gasteiger partial charge in [-0.15, -0.1) is 11.3 Å². The fraction of sp³-hybridized carbons (Fsp3) is 0.429. The average Bonchev–Trinajstić information content (AvgIpc) is 2.60. The third kappa shape index (κ3) is 2.91. The molecule has 0 atom stereocenters. The van der Waals surface area contributed by atoms with E-state index in [2.05, 4.69) is 68.3 Å². The van der Waals surface area contributed by atoms with Crippen LogP contribution in [0, 0.1) is 17.4 Å². The van der Waals surface area contributed by atoms with Crippen LogP contribution in [-0.4, -0.2) is 9.97 Å². The van der Waals surface area contributed by atoms with E-state index < -0.39 is 0 Å². The van der Waals surface area contributed by atoms with E-state index in [1.165, 1.54) is 9.75 Å². The Morgan fingerprint density at radius 2 is 1.95 bits per heavy atom. The number of aromatic nitrogens is 2. The maximum absolute atomic E-state index is 12.1. The molecule has 5 heteroatoms. The number of H-pyrrole nitrogens is 1.